The second kappa shape index (κ2) is 8.62. The van der Waals surface area contributed by atoms with Crippen molar-refractivity contribution in [2.75, 3.05) is 30.2 Å². The first-order chi connectivity index (χ1) is 14.7. The zero-order chi connectivity index (χ0) is 20.9. The van der Waals surface area contributed by atoms with Gasteiger partial charge >= 0.3 is 0 Å². The standard InChI is InChI=1S/C22H23N7O/c1-24-29(14-15-5-7-20-16(10-15)4-3-9-26-20)22-19(23)6-8-21(28-22)27-17-11-18(30-2)13-25-12-17/h3-13,24H,14,23H2,1-2H3,(H,27,28). The van der Waals surface area contributed by atoms with Crippen LogP contribution in [0.25, 0.3) is 10.9 Å². The summed E-state index contributed by atoms with van der Waals surface area (Å²) in [7, 11) is 3.45. The quantitative estimate of drug-likeness (QED) is 0.405. The summed E-state index contributed by atoms with van der Waals surface area (Å²) in [4.78, 5) is 13.2. The third kappa shape index (κ3) is 4.23. The maximum absolute atomic E-state index is 6.23. The second-order valence-corrected chi connectivity index (χ2v) is 6.69. The molecule has 0 aliphatic carbocycles. The van der Waals surface area contributed by atoms with E-state index >= 15 is 0 Å². The minimum absolute atomic E-state index is 0.570. The molecule has 3 heterocycles. The van der Waals surface area contributed by atoms with Crippen LogP contribution < -0.4 is 26.2 Å². The molecule has 30 heavy (non-hydrogen) atoms. The first-order valence-corrected chi connectivity index (χ1v) is 9.47. The van der Waals surface area contributed by atoms with E-state index in [1.807, 2.05) is 42.4 Å². The van der Waals surface area contributed by atoms with Gasteiger partial charge in [0, 0.05) is 24.7 Å². The number of aromatic nitrogens is 3. The number of nitrogens with zero attached hydrogens (tertiary/aromatic N) is 4. The molecule has 4 aromatic rings. The van der Waals surface area contributed by atoms with Crippen molar-refractivity contribution >= 4 is 33.9 Å². The van der Waals surface area contributed by atoms with Crippen molar-refractivity contribution < 1.29 is 4.74 Å². The van der Waals surface area contributed by atoms with E-state index in [0.717, 1.165) is 22.2 Å². The number of nitrogen functional groups attached to an aromatic ring is 1. The van der Waals surface area contributed by atoms with Crippen molar-refractivity contribution in [3.63, 3.8) is 0 Å². The van der Waals surface area contributed by atoms with Crippen LogP contribution in [-0.2, 0) is 6.54 Å². The summed E-state index contributed by atoms with van der Waals surface area (Å²) in [6, 6.07) is 15.7. The third-order valence-electron chi connectivity index (χ3n) is 4.66. The number of hydrogen-bond acceptors (Lipinski definition) is 8. The third-order valence-corrected chi connectivity index (χ3v) is 4.66. The van der Waals surface area contributed by atoms with Crippen LogP contribution in [0, 0.1) is 0 Å². The molecule has 0 radical (unpaired) electrons. The first-order valence-electron chi connectivity index (χ1n) is 9.47. The number of methoxy groups -OCH3 is 1. The van der Waals surface area contributed by atoms with Crippen molar-refractivity contribution in [1.29, 1.82) is 0 Å². The van der Waals surface area contributed by atoms with Crippen LogP contribution in [0.2, 0.25) is 0 Å². The minimum Gasteiger partial charge on any atom is -0.495 e. The first kappa shape index (κ1) is 19.4. The van der Waals surface area contributed by atoms with E-state index in [-0.39, 0.29) is 0 Å². The Hall–Kier alpha value is -3.91. The highest BCUT2D eigenvalue weighted by atomic mass is 16.5. The lowest BCUT2D eigenvalue weighted by atomic mass is 10.1. The lowest BCUT2D eigenvalue weighted by Crippen LogP contribution is -2.35. The molecule has 0 aliphatic heterocycles. The average Bonchev–Trinajstić information content (AvgIpc) is 2.79. The maximum atomic E-state index is 6.23. The highest BCUT2D eigenvalue weighted by Gasteiger charge is 2.13. The topological polar surface area (TPSA) is 101 Å². The molecule has 0 atom stereocenters. The molecule has 8 heteroatoms. The van der Waals surface area contributed by atoms with Crippen LogP contribution in [-0.4, -0.2) is 29.1 Å². The van der Waals surface area contributed by atoms with Gasteiger partial charge in [0.25, 0.3) is 0 Å². The highest BCUT2D eigenvalue weighted by molar-refractivity contribution is 5.79. The smallest absolute Gasteiger partial charge is 0.168 e. The van der Waals surface area contributed by atoms with Crippen LogP contribution in [0.4, 0.5) is 23.0 Å². The Morgan fingerprint density at radius 1 is 1.10 bits per heavy atom. The molecule has 0 bridgehead atoms. The molecule has 0 unspecified atom stereocenters. The molecule has 3 aromatic heterocycles. The molecule has 0 aliphatic rings. The van der Waals surface area contributed by atoms with Crippen molar-refractivity contribution in [1.82, 2.24) is 20.4 Å². The number of ether oxygens (including phenoxy) is 1. The Labute approximate surface area is 174 Å². The molecule has 0 spiro atoms. The van der Waals surface area contributed by atoms with E-state index in [1.54, 1.807) is 25.7 Å². The summed E-state index contributed by atoms with van der Waals surface area (Å²) < 4.78 is 5.22. The van der Waals surface area contributed by atoms with Gasteiger partial charge in [0.2, 0.25) is 0 Å². The molecule has 0 fully saturated rings. The second-order valence-electron chi connectivity index (χ2n) is 6.69. The van der Waals surface area contributed by atoms with Crippen molar-refractivity contribution in [2.24, 2.45) is 0 Å². The number of nitrogens with one attached hydrogen (secondary N) is 2. The number of pyridine rings is 3. The molecule has 4 N–H and O–H groups in total. The number of hydrogen-bond donors (Lipinski definition) is 3. The molecule has 0 saturated carbocycles. The number of fused-ring (bicyclic) bond motifs is 1. The van der Waals surface area contributed by atoms with E-state index in [1.165, 1.54) is 0 Å². The predicted octanol–water partition coefficient (Wildman–Crippen LogP) is 3.50. The van der Waals surface area contributed by atoms with Gasteiger partial charge in [0.1, 0.15) is 11.6 Å². The SMILES string of the molecule is CNN(Cc1ccc2ncccc2c1)c1nc(Nc2cncc(OC)c2)ccc1N. The normalized spacial score (nSPS) is 10.7. The zero-order valence-electron chi connectivity index (χ0n) is 16.8. The Morgan fingerprint density at radius 3 is 2.83 bits per heavy atom. The van der Waals surface area contributed by atoms with Crippen LogP contribution in [0.15, 0.2) is 67.1 Å². The van der Waals surface area contributed by atoms with Crippen molar-refractivity contribution in [3.05, 3.63) is 72.7 Å². The number of anilines is 4. The van der Waals surface area contributed by atoms with Gasteiger partial charge in [-0.3, -0.25) is 15.0 Å². The maximum Gasteiger partial charge on any atom is 0.168 e. The summed E-state index contributed by atoms with van der Waals surface area (Å²) in [6.07, 6.45) is 5.15. The number of hydrazine groups is 1. The number of rotatable bonds is 7. The monoisotopic (exact) mass is 401 g/mol. The molecule has 0 saturated heterocycles. The van der Waals surface area contributed by atoms with Gasteiger partial charge in [-0.1, -0.05) is 12.1 Å². The van der Waals surface area contributed by atoms with Crippen molar-refractivity contribution in [3.8, 4) is 5.75 Å². The number of benzene rings is 1. The van der Waals surface area contributed by atoms with E-state index in [0.29, 0.717) is 29.6 Å². The highest BCUT2D eigenvalue weighted by Crippen LogP contribution is 2.26. The molecule has 0 amide bonds. The van der Waals surface area contributed by atoms with Crippen LogP contribution in [0.5, 0.6) is 5.75 Å². The summed E-state index contributed by atoms with van der Waals surface area (Å²) >= 11 is 0. The Morgan fingerprint density at radius 2 is 2.00 bits per heavy atom. The molecular weight excluding hydrogens is 378 g/mol. The zero-order valence-corrected chi connectivity index (χ0v) is 16.8. The summed E-state index contributed by atoms with van der Waals surface area (Å²) in [5, 5.41) is 6.24. The van der Waals surface area contributed by atoms with Gasteiger partial charge in [-0.15, -0.1) is 0 Å². The summed E-state index contributed by atoms with van der Waals surface area (Å²) in [5.41, 5.74) is 12.8. The van der Waals surface area contributed by atoms with Gasteiger partial charge in [-0.05, 0) is 35.9 Å². The minimum atomic E-state index is 0.570. The van der Waals surface area contributed by atoms with Gasteiger partial charge in [-0.2, -0.15) is 0 Å². The average molecular weight is 401 g/mol. The lowest BCUT2D eigenvalue weighted by molar-refractivity contribution is 0.413. The van der Waals surface area contributed by atoms with Crippen LogP contribution in [0.3, 0.4) is 0 Å². The number of nitrogens with two attached hydrogens (primary N) is 1. The van der Waals surface area contributed by atoms with E-state index < -0.39 is 0 Å². The van der Waals surface area contributed by atoms with E-state index in [2.05, 4.69) is 38.9 Å². The van der Waals surface area contributed by atoms with E-state index in [9.17, 15) is 0 Å². The fourth-order valence-corrected chi connectivity index (χ4v) is 3.16. The largest absolute Gasteiger partial charge is 0.495 e. The van der Waals surface area contributed by atoms with Gasteiger partial charge in [0.05, 0.1) is 42.9 Å². The van der Waals surface area contributed by atoms with Gasteiger partial charge in [0.15, 0.2) is 5.82 Å². The van der Waals surface area contributed by atoms with Gasteiger partial charge < -0.3 is 15.8 Å². The summed E-state index contributed by atoms with van der Waals surface area (Å²) in [6.45, 7) is 0.586. The van der Waals surface area contributed by atoms with Crippen LogP contribution >= 0.6 is 0 Å². The molecular formula is C22H23N7O. The Bertz CT molecular complexity index is 1170. The van der Waals surface area contributed by atoms with Crippen molar-refractivity contribution in [2.45, 2.75) is 6.54 Å². The Kier molecular flexibility index (Phi) is 5.58. The fourth-order valence-electron chi connectivity index (χ4n) is 3.16. The van der Waals surface area contributed by atoms with Crippen LogP contribution in [0.1, 0.15) is 5.56 Å². The molecule has 4 rings (SSSR count). The summed E-state index contributed by atoms with van der Waals surface area (Å²) in [5.74, 6) is 1.94. The lowest BCUT2D eigenvalue weighted by Gasteiger charge is -2.24. The molecule has 8 nitrogen and oxygen atoms in total. The van der Waals surface area contributed by atoms with E-state index in [4.69, 9.17) is 15.5 Å². The predicted molar refractivity (Wildman–Crippen MR) is 120 cm³/mol. The molecule has 1 aromatic carbocycles. The fraction of sp³-hybridized carbons (Fsp3) is 0.136. The van der Waals surface area contributed by atoms with Gasteiger partial charge in [-0.25, -0.2) is 10.4 Å². The molecule has 152 valence electrons. The Balaban J connectivity index is 1.59.